The lowest BCUT2D eigenvalue weighted by Crippen LogP contribution is -2.30. The standard InChI is InChI=1S/C28H23N3O2/c32-27-24-10-3-4-11-25(24)28(33)30(27)15-14-21-8-5-9-23-17-29-31(26(21)23)18-19-12-13-20-6-1-2-7-22(20)16-19/h1-4,6-7,10-14,16-17H,5,8-9,15,18H2/b21-14+. The number of aromatic nitrogens is 2. The Morgan fingerprint density at radius 1 is 0.848 bits per heavy atom. The summed E-state index contributed by atoms with van der Waals surface area (Å²) in [4.78, 5) is 26.8. The van der Waals surface area contributed by atoms with Gasteiger partial charge in [0.05, 0.1) is 29.6 Å². The van der Waals surface area contributed by atoms with Crippen molar-refractivity contribution in [2.75, 3.05) is 6.54 Å². The van der Waals surface area contributed by atoms with Crippen LogP contribution < -0.4 is 0 Å². The molecule has 2 amide bonds. The van der Waals surface area contributed by atoms with E-state index in [1.54, 1.807) is 24.3 Å². The van der Waals surface area contributed by atoms with Gasteiger partial charge in [-0.25, -0.2) is 0 Å². The molecule has 0 saturated heterocycles. The van der Waals surface area contributed by atoms with Gasteiger partial charge in [0.1, 0.15) is 0 Å². The Bertz CT molecular complexity index is 1410. The molecule has 1 aliphatic carbocycles. The zero-order valence-corrected chi connectivity index (χ0v) is 18.2. The first-order valence-electron chi connectivity index (χ1n) is 11.4. The Labute approximate surface area is 192 Å². The lowest BCUT2D eigenvalue weighted by Gasteiger charge is -2.19. The highest BCUT2D eigenvalue weighted by Gasteiger charge is 2.34. The first-order valence-corrected chi connectivity index (χ1v) is 11.4. The predicted molar refractivity (Wildman–Crippen MR) is 128 cm³/mol. The molecule has 2 aliphatic rings. The molecule has 4 aromatic rings. The molecule has 1 aromatic heterocycles. The number of carbonyl (C=O) groups excluding carboxylic acids is 2. The molecule has 0 atom stereocenters. The summed E-state index contributed by atoms with van der Waals surface area (Å²) in [5.41, 5.74) is 5.70. The van der Waals surface area contributed by atoms with E-state index in [9.17, 15) is 9.59 Å². The van der Waals surface area contributed by atoms with Gasteiger partial charge in [-0.15, -0.1) is 0 Å². The van der Waals surface area contributed by atoms with Gasteiger partial charge in [-0.3, -0.25) is 19.2 Å². The van der Waals surface area contributed by atoms with Gasteiger partial charge in [0.2, 0.25) is 0 Å². The average Bonchev–Trinajstić information content (AvgIpc) is 3.37. The minimum Gasteiger partial charge on any atom is -0.270 e. The van der Waals surface area contributed by atoms with Crippen LogP contribution in [0.1, 0.15) is 50.4 Å². The summed E-state index contributed by atoms with van der Waals surface area (Å²) in [6, 6.07) is 21.9. The number of amides is 2. The molecular weight excluding hydrogens is 410 g/mol. The van der Waals surface area contributed by atoms with Crippen LogP contribution in [-0.2, 0) is 13.0 Å². The molecule has 0 bridgehead atoms. The molecule has 5 heteroatoms. The van der Waals surface area contributed by atoms with Crippen molar-refractivity contribution >= 4 is 28.2 Å². The van der Waals surface area contributed by atoms with E-state index in [1.807, 2.05) is 12.3 Å². The molecule has 162 valence electrons. The van der Waals surface area contributed by atoms with E-state index >= 15 is 0 Å². The van der Waals surface area contributed by atoms with Crippen molar-refractivity contribution < 1.29 is 9.59 Å². The van der Waals surface area contributed by atoms with E-state index in [1.165, 1.54) is 26.8 Å². The van der Waals surface area contributed by atoms with E-state index in [0.717, 1.165) is 30.5 Å². The summed E-state index contributed by atoms with van der Waals surface area (Å²) in [5, 5.41) is 7.14. The van der Waals surface area contributed by atoms with E-state index in [0.29, 0.717) is 17.7 Å². The second-order valence-electron chi connectivity index (χ2n) is 8.71. The molecule has 0 spiro atoms. The second-order valence-corrected chi connectivity index (χ2v) is 8.71. The zero-order chi connectivity index (χ0) is 22.4. The third kappa shape index (κ3) is 3.37. The molecule has 2 heterocycles. The van der Waals surface area contributed by atoms with Crippen molar-refractivity contribution in [3.63, 3.8) is 0 Å². The number of nitrogens with zero attached hydrogens (tertiary/aromatic N) is 3. The highest BCUT2D eigenvalue weighted by atomic mass is 16.2. The SMILES string of the molecule is O=C1c2ccccc2C(=O)N1C/C=C1\CCCc2cnn(Cc3ccc4ccccc4c3)c21. The van der Waals surface area contributed by atoms with Gasteiger partial charge >= 0.3 is 0 Å². The smallest absolute Gasteiger partial charge is 0.261 e. The number of hydrogen-bond donors (Lipinski definition) is 0. The molecule has 0 fully saturated rings. The largest absolute Gasteiger partial charge is 0.270 e. The first kappa shape index (κ1) is 19.7. The van der Waals surface area contributed by atoms with Crippen molar-refractivity contribution in [1.29, 1.82) is 0 Å². The second kappa shape index (κ2) is 7.85. The van der Waals surface area contributed by atoms with Gasteiger partial charge in [-0.2, -0.15) is 5.10 Å². The summed E-state index contributed by atoms with van der Waals surface area (Å²) < 4.78 is 2.06. The van der Waals surface area contributed by atoms with E-state index in [2.05, 4.69) is 47.1 Å². The van der Waals surface area contributed by atoms with Crippen molar-refractivity contribution in [1.82, 2.24) is 14.7 Å². The molecular formula is C28H23N3O2. The topological polar surface area (TPSA) is 55.2 Å². The number of hydrogen-bond acceptors (Lipinski definition) is 3. The quantitative estimate of drug-likeness (QED) is 0.421. The molecule has 6 rings (SSSR count). The maximum absolute atomic E-state index is 12.7. The van der Waals surface area contributed by atoms with Crippen molar-refractivity contribution in [3.8, 4) is 0 Å². The molecule has 5 nitrogen and oxygen atoms in total. The van der Waals surface area contributed by atoms with Crippen LogP contribution >= 0.6 is 0 Å². The number of imide groups is 1. The highest BCUT2D eigenvalue weighted by Crippen LogP contribution is 2.32. The highest BCUT2D eigenvalue weighted by molar-refractivity contribution is 6.21. The molecule has 1 aliphatic heterocycles. The monoisotopic (exact) mass is 433 g/mol. The molecule has 0 N–H and O–H groups in total. The van der Waals surface area contributed by atoms with Crippen molar-refractivity contribution in [2.45, 2.75) is 25.8 Å². The Hall–Kier alpha value is -3.99. The van der Waals surface area contributed by atoms with E-state index in [-0.39, 0.29) is 18.4 Å². The molecule has 0 radical (unpaired) electrons. The minimum absolute atomic E-state index is 0.215. The van der Waals surface area contributed by atoms with Gasteiger partial charge in [0.15, 0.2) is 0 Å². The van der Waals surface area contributed by atoms with Gasteiger partial charge < -0.3 is 0 Å². The van der Waals surface area contributed by atoms with Crippen LogP contribution in [0.5, 0.6) is 0 Å². The lowest BCUT2D eigenvalue weighted by molar-refractivity contribution is 0.0672. The Morgan fingerprint density at radius 2 is 1.58 bits per heavy atom. The van der Waals surface area contributed by atoms with Gasteiger partial charge in [-0.1, -0.05) is 54.6 Å². The fraction of sp³-hybridized carbons (Fsp3) is 0.179. The number of allylic oxidation sites excluding steroid dienone is 1. The number of fused-ring (bicyclic) bond motifs is 3. The number of aryl methyl sites for hydroxylation is 1. The minimum atomic E-state index is -0.215. The maximum atomic E-state index is 12.7. The van der Waals surface area contributed by atoms with Gasteiger partial charge in [0, 0.05) is 6.54 Å². The van der Waals surface area contributed by atoms with Crippen LogP contribution in [0.2, 0.25) is 0 Å². The summed E-state index contributed by atoms with van der Waals surface area (Å²) in [6.45, 7) is 0.965. The molecule has 0 saturated carbocycles. The normalized spacial score (nSPS) is 16.5. The van der Waals surface area contributed by atoms with Crippen LogP contribution in [-0.4, -0.2) is 33.0 Å². The van der Waals surface area contributed by atoms with Crippen LogP contribution in [0.4, 0.5) is 0 Å². The van der Waals surface area contributed by atoms with Crippen LogP contribution in [0, 0.1) is 0 Å². The third-order valence-corrected chi connectivity index (χ3v) is 6.66. The summed E-state index contributed by atoms with van der Waals surface area (Å²) >= 11 is 0. The summed E-state index contributed by atoms with van der Waals surface area (Å²) in [6.07, 6.45) is 6.96. The molecule has 0 unspecified atom stereocenters. The van der Waals surface area contributed by atoms with Gasteiger partial charge in [-0.05, 0) is 64.9 Å². The van der Waals surface area contributed by atoms with Crippen LogP contribution in [0.15, 0.2) is 79.0 Å². The fourth-order valence-corrected chi connectivity index (χ4v) is 5.00. The average molecular weight is 434 g/mol. The number of benzene rings is 3. The van der Waals surface area contributed by atoms with E-state index in [4.69, 9.17) is 5.10 Å². The van der Waals surface area contributed by atoms with Crippen molar-refractivity contribution in [2.24, 2.45) is 0 Å². The molecule has 3 aromatic carbocycles. The molecule has 33 heavy (non-hydrogen) atoms. The van der Waals surface area contributed by atoms with Crippen molar-refractivity contribution in [3.05, 3.63) is 107 Å². The first-order chi connectivity index (χ1) is 16.2. The number of carbonyl (C=O) groups is 2. The Morgan fingerprint density at radius 3 is 2.36 bits per heavy atom. The van der Waals surface area contributed by atoms with E-state index < -0.39 is 0 Å². The summed E-state index contributed by atoms with van der Waals surface area (Å²) in [5.74, 6) is -0.429. The number of rotatable bonds is 4. The maximum Gasteiger partial charge on any atom is 0.261 e. The van der Waals surface area contributed by atoms with Crippen LogP contribution in [0.3, 0.4) is 0 Å². The summed E-state index contributed by atoms with van der Waals surface area (Å²) in [7, 11) is 0. The predicted octanol–water partition coefficient (Wildman–Crippen LogP) is 5.10. The van der Waals surface area contributed by atoms with Gasteiger partial charge in [0.25, 0.3) is 11.8 Å². The Balaban J connectivity index is 1.29. The van der Waals surface area contributed by atoms with Crippen LogP contribution in [0.25, 0.3) is 16.3 Å². The lowest BCUT2D eigenvalue weighted by atomic mass is 9.92. The Kier molecular flexibility index (Phi) is 4.68. The third-order valence-electron chi connectivity index (χ3n) is 6.66. The fourth-order valence-electron chi connectivity index (χ4n) is 5.00. The zero-order valence-electron chi connectivity index (χ0n) is 18.2.